The van der Waals surface area contributed by atoms with Crippen molar-refractivity contribution >= 4 is 17.7 Å². The van der Waals surface area contributed by atoms with E-state index in [0.29, 0.717) is 6.61 Å². The zero-order chi connectivity index (χ0) is 14.1. The Bertz CT molecular complexity index is 367. The average Bonchev–Trinajstić information content (AvgIpc) is 2.91. The van der Waals surface area contributed by atoms with Gasteiger partial charge in [0.05, 0.1) is 18.6 Å². The van der Waals surface area contributed by atoms with Gasteiger partial charge in [0.15, 0.2) is 0 Å². The normalized spacial score (nSPS) is 14.1. The van der Waals surface area contributed by atoms with Crippen molar-refractivity contribution < 1.29 is 13.9 Å². The van der Waals surface area contributed by atoms with Crippen LogP contribution in [0.25, 0.3) is 0 Å². The molecule has 1 rings (SSSR count). The van der Waals surface area contributed by atoms with E-state index in [2.05, 4.69) is 5.32 Å². The molecule has 4 nitrogen and oxygen atoms in total. The van der Waals surface area contributed by atoms with E-state index in [4.69, 9.17) is 9.15 Å². The van der Waals surface area contributed by atoms with Gasteiger partial charge in [0, 0.05) is 0 Å². The Kier molecular flexibility index (Phi) is 7.02. The fourth-order valence-electron chi connectivity index (χ4n) is 1.71. The highest BCUT2D eigenvalue weighted by atomic mass is 32.2. The van der Waals surface area contributed by atoms with E-state index >= 15 is 0 Å². The van der Waals surface area contributed by atoms with E-state index in [1.807, 2.05) is 37.7 Å². The molecule has 0 aliphatic carbocycles. The highest BCUT2D eigenvalue weighted by Gasteiger charge is 2.32. The van der Waals surface area contributed by atoms with Crippen molar-refractivity contribution in [3.63, 3.8) is 0 Å². The molecular weight excluding hydrogens is 262 g/mol. The van der Waals surface area contributed by atoms with E-state index in [1.54, 1.807) is 13.3 Å². The molecule has 0 aliphatic heterocycles. The highest BCUT2D eigenvalue weighted by Crippen LogP contribution is 2.19. The number of carbonyl (C=O) groups excluding carboxylic acids is 1. The minimum atomic E-state index is -0.582. The minimum absolute atomic E-state index is 0.173. The lowest BCUT2D eigenvalue weighted by molar-refractivity contribution is -0.150. The maximum absolute atomic E-state index is 11.8. The number of furan rings is 1. The first kappa shape index (κ1) is 16.1. The second-order valence-electron chi connectivity index (χ2n) is 4.54. The monoisotopic (exact) mass is 285 g/mol. The molecule has 0 amide bonds. The van der Waals surface area contributed by atoms with E-state index < -0.39 is 5.54 Å². The third-order valence-electron chi connectivity index (χ3n) is 3.07. The molecule has 0 saturated heterocycles. The van der Waals surface area contributed by atoms with Crippen LogP contribution in [0.1, 0.15) is 32.4 Å². The third kappa shape index (κ3) is 5.28. The van der Waals surface area contributed by atoms with Gasteiger partial charge in [-0.3, -0.25) is 4.79 Å². The summed E-state index contributed by atoms with van der Waals surface area (Å²) in [5.74, 6) is 2.69. The van der Waals surface area contributed by atoms with Gasteiger partial charge in [-0.2, -0.15) is 11.8 Å². The van der Waals surface area contributed by atoms with Crippen LogP contribution in [-0.2, 0) is 15.3 Å². The summed E-state index contributed by atoms with van der Waals surface area (Å²) in [7, 11) is 1.80. The van der Waals surface area contributed by atoms with Crippen molar-refractivity contribution in [1.29, 1.82) is 0 Å². The fraction of sp³-hybridized carbons (Fsp3) is 0.643. The lowest BCUT2D eigenvalue weighted by Gasteiger charge is -2.26. The zero-order valence-corrected chi connectivity index (χ0v) is 12.7. The maximum Gasteiger partial charge on any atom is 0.326 e. The SMILES string of the molecule is CCOC(=O)C(C)(CCCSCc1ccco1)NC. The first-order valence-electron chi connectivity index (χ1n) is 6.58. The summed E-state index contributed by atoms with van der Waals surface area (Å²) < 4.78 is 10.4. The number of nitrogens with one attached hydrogen (secondary N) is 1. The molecule has 0 fully saturated rings. The number of rotatable bonds is 9. The number of likely N-dealkylation sites (N-methyl/N-ethyl adjacent to an activating group) is 1. The molecule has 0 spiro atoms. The van der Waals surface area contributed by atoms with Gasteiger partial charge in [0.2, 0.25) is 0 Å². The Morgan fingerprint density at radius 1 is 1.58 bits per heavy atom. The van der Waals surface area contributed by atoms with Gasteiger partial charge in [0.25, 0.3) is 0 Å². The second kappa shape index (κ2) is 8.27. The van der Waals surface area contributed by atoms with Gasteiger partial charge < -0.3 is 14.5 Å². The summed E-state index contributed by atoms with van der Waals surface area (Å²) in [6.45, 7) is 4.14. The molecule has 1 aromatic heterocycles. The number of thioether (sulfide) groups is 1. The van der Waals surface area contributed by atoms with Crippen molar-refractivity contribution in [3.05, 3.63) is 24.2 Å². The Labute approximate surface area is 119 Å². The summed E-state index contributed by atoms with van der Waals surface area (Å²) in [4.78, 5) is 11.8. The molecule has 5 heteroatoms. The van der Waals surface area contributed by atoms with Gasteiger partial charge in [-0.05, 0) is 51.6 Å². The van der Waals surface area contributed by atoms with E-state index in [9.17, 15) is 4.79 Å². The van der Waals surface area contributed by atoms with Crippen molar-refractivity contribution in [2.75, 3.05) is 19.4 Å². The van der Waals surface area contributed by atoms with Crippen molar-refractivity contribution in [2.24, 2.45) is 0 Å². The average molecular weight is 285 g/mol. The molecule has 1 unspecified atom stereocenters. The second-order valence-corrected chi connectivity index (χ2v) is 5.64. The minimum Gasteiger partial charge on any atom is -0.468 e. The summed E-state index contributed by atoms with van der Waals surface area (Å²) in [6, 6.07) is 3.87. The van der Waals surface area contributed by atoms with Crippen molar-refractivity contribution in [2.45, 2.75) is 38.0 Å². The molecule has 0 saturated carbocycles. The van der Waals surface area contributed by atoms with Crippen LogP contribution in [0.15, 0.2) is 22.8 Å². The van der Waals surface area contributed by atoms with Crippen LogP contribution in [0.4, 0.5) is 0 Å². The first-order chi connectivity index (χ1) is 9.12. The maximum atomic E-state index is 11.8. The summed E-state index contributed by atoms with van der Waals surface area (Å²) >= 11 is 1.81. The van der Waals surface area contributed by atoms with Crippen LogP contribution < -0.4 is 5.32 Å². The highest BCUT2D eigenvalue weighted by molar-refractivity contribution is 7.98. The predicted molar refractivity (Wildman–Crippen MR) is 78.2 cm³/mol. The Morgan fingerprint density at radius 3 is 2.95 bits per heavy atom. The molecule has 1 heterocycles. The third-order valence-corrected chi connectivity index (χ3v) is 4.13. The van der Waals surface area contributed by atoms with Crippen LogP contribution in [0, 0.1) is 0 Å². The smallest absolute Gasteiger partial charge is 0.326 e. The molecule has 108 valence electrons. The number of hydrogen-bond acceptors (Lipinski definition) is 5. The Balaban J connectivity index is 2.23. The van der Waals surface area contributed by atoms with Gasteiger partial charge in [0.1, 0.15) is 11.3 Å². The zero-order valence-electron chi connectivity index (χ0n) is 11.9. The summed E-state index contributed by atoms with van der Waals surface area (Å²) in [5.41, 5.74) is -0.582. The number of hydrogen-bond donors (Lipinski definition) is 1. The topological polar surface area (TPSA) is 51.5 Å². The fourth-order valence-corrected chi connectivity index (χ4v) is 2.57. The molecule has 0 aliphatic rings. The largest absolute Gasteiger partial charge is 0.468 e. The standard InChI is InChI=1S/C14H23NO3S/c1-4-17-13(16)14(2,15-3)8-6-10-19-11-12-7-5-9-18-12/h5,7,9,15H,4,6,8,10-11H2,1-3H3. The van der Waals surface area contributed by atoms with Crippen molar-refractivity contribution in [1.82, 2.24) is 5.32 Å². The van der Waals surface area contributed by atoms with Gasteiger partial charge in [-0.1, -0.05) is 0 Å². The van der Waals surface area contributed by atoms with Crippen LogP contribution >= 0.6 is 11.8 Å². The number of esters is 1. The number of ether oxygens (including phenoxy) is 1. The Hall–Kier alpha value is -0.940. The molecule has 0 bridgehead atoms. The van der Waals surface area contributed by atoms with Crippen LogP contribution in [0.3, 0.4) is 0 Å². The van der Waals surface area contributed by atoms with E-state index in [1.165, 1.54) is 0 Å². The van der Waals surface area contributed by atoms with Crippen molar-refractivity contribution in [3.8, 4) is 0 Å². The van der Waals surface area contributed by atoms with Crippen LogP contribution in [0.5, 0.6) is 0 Å². The van der Waals surface area contributed by atoms with Gasteiger partial charge in [-0.25, -0.2) is 0 Å². The van der Waals surface area contributed by atoms with Crippen LogP contribution in [0.2, 0.25) is 0 Å². The van der Waals surface area contributed by atoms with Crippen LogP contribution in [-0.4, -0.2) is 30.9 Å². The number of carbonyl (C=O) groups is 1. The lowest BCUT2D eigenvalue weighted by atomic mass is 9.97. The lowest BCUT2D eigenvalue weighted by Crippen LogP contribution is -2.48. The quantitative estimate of drug-likeness (QED) is 0.558. The summed E-state index contributed by atoms with van der Waals surface area (Å²) in [6.07, 6.45) is 3.42. The molecule has 1 N–H and O–H groups in total. The van der Waals surface area contributed by atoms with Gasteiger partial charge >= 0.3 is 5.97 Å². The van der Waals surface area contributed by atoms with E-state index in [-0.39, 0.29) is 5.97 Å². The molecule has 1 aromatic rings. The first-order valence-corrected chi connectivity index (χ1v) is 7.74. The molecule has 19 heavy (non-hydrogen) atoms. The van der Waals surface area contributed by atoms with Gasteiger partial charge in [-0.15, -0.1) is 0 Å². The molecule has 0 radical (unpaired) electrons. The summed E-state index contributed by atoms with van der Waals surface area (Å²) in [5, 5.41) is 3.07. The van der Waals surface area contributed by atoms with E-state index in [0.717, 1.165) is 30.1 Å². The molecular formula is C14H23NO3S. The predicted octanol–water partition coefficient (Wildman–Crippen LogP) is 2.83. The molecule has 1 atom stereocenters. The molecule has 0 aromatic carbocycles. The Morgan fingerprint density at radius 2 is 2.37 bits per heavy atom.